The summed E-state index contributed by atoms with van der Waals surface area (Å²) in [6, 6.07) is 22.8. The molecule has 4 aromatic rings. The van der Waals surface area contributed by atoms with Crippen LogP contribution < -0.4 is 4.90 Å². The van der Waals surface area contributed by atoms with Crippen LogP contribution in [0.15, 0.2) is 77.0 Å². The number of amides is 1. The van der Waals surface area contributed by atoms with Crippen LogP contribution in [0.3, 0.4) is 0 Å². The highest BCUT2D eigenvalue weighted by Crippen LogP contribution is 2.40. The Bertz CT molecular complexity index is 1710. The van der Waals surface area contributed by atoms with Gasteiger partial charge < -0.3 is 9.64 Å². The summed E-state index contributed by atoms with van der Waals surface area (Å²) in [5, 5.41) is 1.79. The number of piperidine rings is 1. The lowest BCUT2D eigenvalue weighted by Crippen LogP contribution is -2.42. The third-order valence-corrected chi connectivity index (χ3v) is 11.5. The Morgan fingerprint density at radius 3 is 2.66 bits per heavy atom. The first kappa shape index (κ1) is 27.8. The van der Waals surface area contributed by atoms with Gasteiger partial charge in [-0.2, -0.15) is 4.31 Å². The maximum atomic E-state index is 13.6. The van der Waals surface area contributed by atoms with Crippen molar-refractivity contribution in [2.75, 3.05) is 38.3 Å². The lowest BCUT2D eigenvalue weighted by Gasteiger charge is -2.31. The van der Waals surface area contributed by atoms with Crippen molar-refractivity contribution >= 4 is 49.5 Å². The van der Waals surface area contributed by atoms with Crippen molar-refractivity contribution in [3.8, 4) is 10.4 Å². The second-order valence-electron chi connectivity index (χ2n) is 10.6. The Hall–Kier alpha value is -3.37. The first-order chi connectivity index (χ1) is 19.9. The molecule has 1 fully saturated rings. The Balaban J connectivity index is 1.20. The van der Waals surface area contributed by atoms with Crippen LogP contribution in [0.25, 0.3) is 21.2 Å². The minimum Gasteiger partial charge on any atom is -0.385 e. The number of nitrogens with zero attached hydrogens (tertiary/aromatic N) is 2. The number of hydrogen-bond donors (Lipinski definition) is 0. The Kier molecular flexibility index (Phi) is 7.78. The quantitative estimate of drug-likeness (QED) is 0.220. The van der Waals surface area contributed by atoms with Crippen molar-refractivity contribution in [2.45, 2.75) is 29.9 Å². The predicted octanol–water partition coefficient (Wildman–Crippen LogP) is 5.78. The number of ketones is 1. The highest BCUT2D eigenvalue weighted by Gasteiger charge is 2.35. The lowest BCUT2D eigenvalue weighted by atomic mass is 9.89. The minimum atomic E-state index is -3.70. The van der Waals surface area contributed by atoms with Crippen molar-refractivity contribution < 1.29 is 22.7 Å². The third-order valence-electron chi connectivity index (χ3n) is 8.04. The van der Waals surface area contributed by atoms with E-state index in [1.807, 2.05) is 66.7 Å². The zero-order valence-electron chi connectivity index (χ0n) is 22.9. The number of benzene rings is 3. The van der Waals surface area contributed by atoms with Crippen LogP contribution in [0.4, 0.5) is 5.69 Å². The van der Waals surface area contributed by atoms with Crippen molar-refractivity contribution in [3.63, 3.8) is 0 Å². The Labute approximate surface area is 244 Å². The topological polar surface area (TPSA) is 84.0 Å². The van der Waals surface area contributed by atoms with E-state index < -0.39 is 10.0 Å². The molecular weight excluding hydrogens is 556 g/mol. The number of sulfonamides is 1. The molecule has 9 heteroatoms. The summed E-state index contributed by atoms with van der Waals surface area (Å²) in [5.74, 6) is -0.368. The maximum Gasteiger partial charge on any atom is 0.258 e. The second kappa shape index (κ2) is 11.5. The smallest absolute Gasteiger partial charge is 0.258 e. The van der Waals surface area contributed by atoms with Gasteiger partial charge in [-0.25, -0.2) is 8.42 Å². The Morgan fingerprint density at radius 1 is 1.02 bits per heavy atom. The van der Waals surface area contributed by atoms with E-state index in [9.17, 15) is 18.0 Å². The van der Waals surface area contributed by atoms with Crippen LogP contribution in [-0.4, -0.2) is 57.8 Å². The number of methoxy groups -OCH3 is 1. The van der Waals surface area contributed by atoms with E-state index >= 15 is 0 Å². The van der Waals surface area contributed by atoms with Crippen LogP contribution in [0.2, 0.25) is 0 Å². The summed E-state index contributed by atoms with van der Waals surface area (Å²) in [5.41, 5.74) is 3.38. The van der Waals surface area contributed by atoms with Gasteiger partial charge in [0.2, 0.25) is 0 Å². The van der Waals surface area contributed by atoms with E-state index in [2.05, 4.69) is 0 Å². The monoisotopic (exact) mass is 588 g/mol. The number of thiophene rings is 1. The number of anilines is 1. The van der Waals surface area contributed by atoms with Crippen LogP contribution in [0.5, 0.6) is 0 Å². The molecule has 0 bridgehead atoms. The summed E-state index contributed by atoms with van der Waals surface area (Å²) in [6.45, 7) is 1.74. The zero-order chi connectivity index (χ0) is 28.6. The molecule has 1 atom stereocenters. The maximum absolute atomic E-state index is 13.6. The molecule has 0 saturated carbocycles. The van der Waals surface area contributed by atoms with E-state index in [1.165, 1.54) is 15.6 Å². The van der Waals surface area contributed by atoms with E-state index in [4.69, 9.17) is 4.74 Å². The molecule has 6 rings (SSSR count). The van der Waals surface area contributed by atoms with Crippen LogP contribution in [0, 0.1) is 5.92 Å². The normalized spacial score (nSPS) is 17.4. The highest BCUT2D eigenvalue weighted by molar-refractivity contribution is 7.91. The van der Waals surface area contributed by atoms with Gasteiger partial charge in [-0.15, -0.1) is 11.3 Å². The Morgan fingerprint density at radius 2 is 1.85 bits per heavy atom. The van der Waals surface area contributed by atoms with E-state index in [-0.39, 0.29) is 30.6 Å². The van der Waals surface area contributed by atoms with Gasteiger partial charge in [0.1, 0.15) is 9.99 Å². The fourth-order valence-corrected chi connectivity index (χ4v) is 8.94. The number of rotatable bonds is 10. The van der Waals surface area contributed by atoms with Crippen molar-refractivity contribution in [3.05, 3.63) is 83.9 Å². The molecule has 1 aromatic heterocycles. The predicted molar refractivity (Wildman–Crippen MR) is 162 cm³/mol. The van der Waals surface area contributed by atoms with Gasteiger partial charge in [0, 0.05) is 61.5 Å². The highest BCUT2D eigenvalue weighted by atomic mass is 32.2. The molecule has 3 aromatic carbocycles. The summed E-state index contributed by atoms with van der Waals surface area (Å²) < 4.78 is 34.0. The average Bonchev–Trinajstić information content (AvgIpc) is 3.61. The van der Waals surface area contributed by atoms with Crippen molar-refractivity contribution in [1.82, 2.24) is 4.31 Å². The van der Waals surface area contributed by atoms with Gasteiger partial charge in [0.15, 0.2) is 0 Å². The molecule has 2 aliphatic rings. The molecule has 0 spiro atoms. The summed E-state index contributed by atoms with van der Waals surface area (Å²) >= 11 is 1.26. The molecule has 0 N–H and O–H groups in total. The minimum absolute atomic E-state index is 0.0256. The van der Waals surface area contributed by atoms with E-state index in [1.54, 1.807) is 18.1 Å². The number of ether oxygens (including phenoxy) is 1. The van der Waals surface area contributed by atoms with Crippen LogP contribution >= 0.6 is 11.3 Å². The van der Waals surface area contributed by atoms with Gasteiger partial charge in [0.05, 0.1) is 5.69 Å². The molecule has 0 aliphatic carbocycles. The first-order valence-electron chi connectivity index (χ1n) is 13.9. The summed E-state index contributed by atoms with van der Waals surface area (Å²) in [7, 11) is -2.05. The molecule has 212 valence electrons. The third kappa shape index (κ3) is 5.23. The number of carbonyl (C=O) groups is 2. The standard InChI is InChI=1S/C32H32N2O5S2/c1-39-19-7-18-34-27-14-13-23(25-11-5-12-26(31(25)27)32(34)36)20-28(35)24-10-6-17-33(21-24)41(37,38)30-16-15-29(40-30)22-8-3-2-4-9-22/h2-5,8-9,11-16,24H,6-7,10,17-21H2,1H3. The molecule has 0 radical (unpaired) electrons. The van der Waals surface area contributed by atoms with Gasteiger partial charge >= 0.3 is 0 Å². The first-order valence-corrected chi connectivity index (χ1v) is 16.2. The number of Topliss-reactive ketones (excluding diaryl/α,β-unsaturated/α-hetero) is 1. The zero-order valence-corrected chi connectivity index (χ0v) is 24.5. The molecule has 1 saturated heterocycles. The fraction of sp³-hybridized carbons (Fsp3) is 0.312. The molecule has 2 aliphatic heterocycles. The van der Waals surface area contributed by atoms with Crippen LogP contribution in [0.1, 0.15) is 35.2 Å². The van der Waals surface area contributed by atoms with Crippen molar-refractivity contribution in [2.24, 2.45) is 5.92 Å². The summed E-state index contributed by atoms with van der Waals surface area (Å²) in [4.78, 5) is 29.4. The molecule has 1 unspecified atom stereocenters. The SMILES string of the molecule is COCCCN1C(=O)c2cccc3c(CC(=O)C4CCCN(S(=O)(=O)c5ccc(-c6ccccc6)s5)C4)ccc1c23. The largest absolute Gasteiger partial charge is 0.385 e. The number of carbonyl (C=O) groups excluding carboxylic acids is 2. The number of hydrogen-bond acceptors (Lipinski definition) is 6. The van der Waals surface area contributed by atoms with Gasteiger partial charge in [-0.1, -0.05) is 48.5 Å². The molecule has 3 heterocycles. The van der Waals surface area contributed by atoms with Crippen LogP contribution in [-0.2, 0) is 26.0 Å². The van der Waals surface area contributed by atoms with Gasteiger partial charge in [-0.3, -0.25) is 9.59 Å². The van der Waals surface area contributed by atoms with Gasteiger partial charge in [-0.05, 0) is 60.0 Å². The average molecular weight is 589 g/mol. The molecular formula is C32H32N2O5S2. The molecule has 7 nitrogen and oxygen atoms in total. The second-order valence-corrected chi connectivity index (χ2v) is 13.9. The lowest BCUT2D eigenvalue weighted by molar-refractivity contribution is -0.123. The summed E-state index contributed by atoms with van der Waals surface area (Å²) in [6.07, 6.45) is 2.24. The van der Waals surface area contributed by atoms with Crippen molar-refractivity contribution in [1.29, 1.82) is 0 Å². The fourth-order valence-electron chi connectivity index (χ4n) is 5.95. The molecule has 1 amide bonds. The van der Waals surface area contributed by atoms with Gasteiger partial charge in [0.25, 0.3) is 15.9 Å². The van der Waals surface area contributed by atoms with E-state index in [0.717, 1.165) is 38.9 Å². The molecule has 41 heavy (non-hydrogen) atoms. The van der Waals surface area contributed by atoms with E-state index in [0.29, 0.717) is 42.3 Å².